The topological polar surface area (TPSA) is 72.9 Å². The highest BCUT2D eigenvalue weighted by molar-refractivity contribution is 6.33. The van der Waals surface area contributed by atoms with E-state index in [9.17, 15) is 23.5 Å². The van der Waals surface area contributed by atoms with Gasteiger partial charge in [-0.05, 0) is 36.4 Å². The van der Waals surface area contributed by atoms with Gasteiger partial charge < -0.3 is 20.2 Å². The number of halogens is 3. The Morgan fingerprint density at radius 1 is 0.909 bits per heavy atom. The molecule has 3 aromatic rings. The van der Waals surface area contributed by atoms with E-state index < -0.39 is 17.5 Å². The lowest BCUT2D eigenvalue weighted by atomic mass is 10.1. The number of hydrogen-bond donors (Lipinski definition) is 2. The number of rotatable bonds is 4. The first kappa shape index (κ1) is 22.5. The molecule has 2 amide bonds. The van der Waals surface area contributed by atoms with Crippen LogP contribution in [0.3, 0.4) is 0 Å². The maximum atomic E-state index is 13.3. The van der Waals surface area contributed by atoms with Crippen molar-refractivity contribution in [2.24, 2.45) is 0 Å². The number of aromatic hydroxyl groups is 1. The van der Waals surface area contributed by atoms with Crippen LogP contribution < -0.4 is 10.2 Å². The molecule has 0 unspecified atom stereocenters. The zero-order valence-corrected chi connectivity index (χ0v) is 18.1. The number of hydrogen-bond acceptors (Lipinski definition) is 4. The number of carbonyl (C=O) groups excluding carboxylic acids is 2. The van der Waals surface area contributed by atoms with Crippen LogP contribution in [0, 0.1) is 11.6 Å². The van der Waals surface area contributed by atoms with E-state index in [1.54, 1.807) is 4.90 Å². The Kier molecular flexibility index (Phi) is 6.46. The van der Waals surface area contributed by atoms with E-state index in [1.807, 2.05) is 24.3 Å². The van der Waals surface area contributed by atoms with Crippen LogP contribution in [0.2, 0.25) is 5.02 Å². The van der Waals surface area contributed by atoms with Crippen molar-refractivity contribution < 1.29 is 23.5 Å². The molecule has 1 saturated heterocycles. The van der Waals surface area contributed by atoms with Gasteiger partial charge >= 0.3 is 0 Å². The van der Waals surface area contributed by atoms with Gasteiger partial charge in [0, 0.05) is 49.6 Å². The second-order valence-corrected chi connectivity index (χ2v) is 7.98. The lowest BCUT2D eigenvalue weighted by Gasteiger charge is -2.36. The molecule has 1 aliphatic rings. The van der Waals surface area contributed by atoms with Gasteiger partial charge in [-0.2, -0.15) is 0 Å². The number of benzene rings is 3. The van der Waals surface area contributed by atoms with E-state index in [0.29, 0.717) is 37.3 Å². The second kappa shape index (κ2) is 9.46. The second-order valence-electron chi connectivity index (χ2n) is 7.57. The molecule has 1 aliphatic heterocycles. The molecule has 0 aromatic heterocycles. The highest BCUT2D eigenvalue weighted by atomic mass is 35.5. The van der Waals surface area contributed by atoms with Crippen LogP contribution in [0.4, 0.5) is 20.2 Å². The number of para-hydroxylation sites is 1. The summed E-state index contributed by atoms with van der Waals surface area (Å²) in [6.45, 7) is 2.09. The molecule has 0 aliphatic carbocycles. The van der Waals surface area contributed by atoms with Crippen LogP contribution in [-0.4, -0.2) is 48.0 Å². The summed E-state index contributed by atoms with van der Waals surface area (Å²) in [4.78, 5) is 28.9. The minimum absolute atomic E-state index is 0.0935. The summed E-state index contributed by atoms with van der Waals surface area (Å²) in [6.07, 6.45) is 0. The van der Waals surface area contributed by atoms with Crippen LogP contribution in [0.25, 0.3) is 0 Å². The number of phenolic OH excluding ortho intramolecular Hbond substituents is 1. The Morgan fingerprint density at radius 3 is 2.21 bits per heavy atom. The predicted molar refractivity (Wildman–Crippen MR) is 122 cm³/mol. The van der Waals surface area contributed by atoms with Crippen LogP contribution in [0.15, 0.2) is 60.7 Å². The van der Waals surface area contributed by atoms with Crippen molar-refractivity contribution in [3.05, 3.63) is 88.4 Å². The Bertz CT molecular complexity index is 1190. The van der Waals surface area contributed by atoms with Gasteiger partial charge in [0.25, 0.3) is 11.8 Å². The van der Waals surface area contributed by atoms with E-state index >= 15 is 0 Å². The first-order valence-corrected chi connectivity index (χ1v) is 10.6. The molecular weight excluding hydrogens is 452 g/mol. The van der Waals surface area contributed by atoms with Crippen LogP contribution >= 0.6 is 11.6 Å². The Balaban J connectivity index is 1.41. The molecule has 33 heavy (non-hydrogen) atoms. The maximum Gasteiger partial charge on any atom is 0.257 e. The molecular formula is C24H20ClF2N3O3. The van der Waals surface area contributed by atoms with Crippen LogP contribution in [0.5, 0.6) is 5.75 Å². The normalized spacial score (nSPS) is 13.7. The van der Waals surface area contributed by atoms with E-state index in [0.717, 1.165) is 17.8 Å². The standard InChI is InChI=1S/C24H20ClF2N3O3/c25-20-3-1-2-4-21(20)29-7-9-30(10-8-29)24(33)19-6-5-18(14-22(19)31)28-23(32)15-11-16(26)13-17(27)12-15/h1-6,11-14,31H,7-10H2,(H,28,32). The lowest BCUT2D eigenvalue weighted by Crippen LogP contribution is -2.48. The van der Waals surface area contributed by atoms with Crippen molar-refractivity contribution in [2.45, 2.75) is 0 Å². The third-order valence-electron chi connectivity index (χ3n) is 5.37. The van der Waals surface area contributed by atoms with Gasteiger partial charge in [0.05, 0.1) is 16.3 Å². The van der Waals surface area contributed by atoms with Crippen LogP contribution in [0.1, 0.15) is 20.7 Å². The van der Waals surface area contributed by atoms with Crippen molar-refractivity contribution in [3.63, 3.8) is 0 Å². The van der Waals surface area contributed by atoms with Gasteiger partial charge in [-0.1, -0.05) is 23.7 Å². The molecule has 170 valence electrons. The van der Waals surface area contributed by atoms with Crippen molar-refractivity contribution in [1.29, 1.82) is 0 Å². The SMILES string of the molecule is O=C(Nc1ccc(C(=O)N2CCN(c3ccccc3Cl)CC2)c(O)c1)c1cc(F)cc(F)c1. The summed E-state index contributed by atoms with van der Waals surface area (Å²) in [5.74, 6) is -3.15. The monoisotopic (exact) mass is 471 g/mol. The maximum absolute atomic E-state index is 13.3. The predicted octanol–water partition coefficient (Wildman–Crippen LogP) is 4.54. The summed E-state index contributed by atoms with van der Waals surface area (Å²) in [5, 5.41) is 13.5. The van der Waals surface area contributed by atoms with E-state index in [-0.39, 0.29) is 28.5 Å². The Hall–Kier alpha value is -3.65. The first-order chi connectivity index (χ1) is 15.8. The minimum atomic E-state index is -0.876. The number of amides is 2. The Morgan fingerprint density at radius 2 is 1.58 bits per heavy atom. The highest BCUT2D eigenvalue weighted by Crippen LogP contribution is 2.28. The van der Waals surface area contributed by atoms with Gasteiger partial charge in [0.1, 0.15) is 17.4 Å². The summed E-state index contributed by atoms with van der Waals surface area (Å²) < 4.78 is 26.7. The fourth-order valence-electron chi connectivity index (χ4n) is 3.71. The van der Waals surface area contributed by atoms with E-state index in [1.165, 1.54) is 18.2 Å². The minimum Gasteiger partial charge on any atom is -0.507 e. The van der Waals surface area contributed by atoms with Crippen molar-refractivity contribution in [1.82, 2.24) is 4.90 Å². The van der Waals surface area contributed by atoms with Crippen molar-refractivity contribution in [2.75, 3.05) is 36.4 Å². The van der Waals surface area contributed by atoms with Gasteiger partial charge in [-0.3, -0.25) is 9.59 Å². The molecule has 0 atom stereocenters. The molecule has 0 saturated carbocycles. The molecule has 4 rings (SSSR count). The third-order valence-corrected chi connectivity index (χ3v) is 5.69. The van der Waals surface area contributed by atoms with Crippen molar-refractivity contribution in [3.8, 4) is 5.75 Å². The first-order valence-electron chi connectivity index (χ1n) is 10.2. The molecule has 0 spiro atoms. The molecule has 0 bridgehead atoms. The summed E-state index contributed by atoms with van der Waals surface area (Å²) in [5.41, 5.74) is 0.981. The van der Waals surface area contributed by atoms with E-state index in [4.69, 9.17) is 11.6 Å². The average molecular weight is 472 g/mol. The molecule has 3 aromatic carbocycles. The average Bonchev–Trinajstić information content (AvgIpc) is 2.78. The molecule has 0 radical (unpaired) electrons. The fraction of sp³-hybridized carbons (Fsp3) is 0.167. The van der Waals surface area contributed by atoms with Crippen molar-refractivity contribution >= 4 is 34.8 Å². The molecule has 1 heterocycles. The van der Waals surface area contributed by atoms with Crippen LogP contribution in [-0.2, 0) is 0 Å². The van der Waals surface area contributed by atoms with E-state index in [2.05, 4.69) is 10.2 Å². The number of nitrogens with zero attached hydrogens (tertiary/aromatic N) is 2. The smallest absolute Gasteiger partial charge is 0.257 e. The largest absolute Gasteiger partial charge is 0.507 e. The third kappa shape index (κ3) is 5.06. The number of phenols is 1. The summed E-state index contributed by atoms with van der Waals surface area (Å²) in [6, 6.07) is 14.0. The Labute approximate surface area is 194 Å². The van der Waals surface area contributed by atoms with Gasteiger partial charge in [0.15, 0.2) is 0 Å². The number of carbonyl (C=O) groups is 2. The molecule has 2 N–H and O–H groups in total. The highest BCUT2D eigenvalue weighted by Gasteiger charge is 2.25. The molecule has 6 nitrogen and oxygen atoms in total. The number of anilines is 2. The number of nitrogens with one attached hydrogen (secondary N) is 1. The van der Waals surface area contributed by atoms with Gasteiger partial charge in [0.2, 0.25) is 0 Å². The molecule has 1 fully saturated rings. The van der Waals surface area contributed by atoms with Gasteiger partial charge in [-0.25, -0.2) is 8.78 Å². The summed E-state index contributed by atoms with van der Waals surface area (Å²) in [7, 11) is 0. The fourth-order valence-corrected chi connectivity index (χ4v) is 3.96. The molecule has 9 heteroatoms. The quantitative estimate of drug-likeness (QED) is 0.586. The summed E-state index contributed by atoms with van der Waals surface area (Å²) >= 11 is 6.26. The van der Waals surface area contributed by atoms with Gasteiger partial charge in [-0.15, -0.1) is 0 Å². The lowest BCUT2D eigenvalue weighted by molar-refractivity contribution is 0.0743. The zero-order chi connectivity index (χ0) is 23.5. The number of piperazine rings is 1. The zero-order valence-electron chi connectivity index (χ0n) is 17.4.